The first kappa shape index (κ1) is 18.1. The van der Waals surface area contributed by atoms with Crippen LogP contribution in [0.1, 0.15) is 23.6 Å². The molecule has 0 unspecified atom stereocenters. The second-order valence-corrected chi connectivity index (χ2v) is 7.87. The van der Waals surface area contributed by atoms with Crippen LogP contribution in [-0.4, -0.2) is 32.7 Å². The molecule has 1 atom stereocenters. The van der Waals surface area contributed by atoms with E-state index in [-0.39, 0.29) is 16.6 Å². The smallest absolute Gasteiger partial charge is 0.263 e. The number of fused-ring (bicyclic) bond motifs is 1. The third-order valence-electron chi connectivity index (χ3n) is 4.32. The van der Waals surface area contributed by atoms with E-state index < -0.39 is 16.1 Å². The van der Waals surface area contributed by atoms with E-state index in [0.717, 1.165) is 6.42 Å². The largest absolute Gasteiger partial charge is 0.354 e. The molecule has 1 heterocycles. The van der Waals surface area contributed by atoms with Gasteiger partial charge in [-0.15, -0.1) is 0 Å². The molecule has 136 valence electrons. The standard InChI is InChI=1S/C19H21N3O3S/c1-13-7-3-4-8-15(13)11-12-20-19(23)14(2)21-18-16-9-5-6-10-17(16)26(24,25)22-18/h3-10,14H,11-12H2,1-2H3,(H,20,23)(H,21,22)/t14-/m0/s1. The minimum absolute atomic E-state index is 0.186. The van der Waals surface area contributed by atoms with Crippen molar-refractivity contribution >= 4 is 21.8 Å². The molecule has 0 aromatic heterocycles. The van der Waals surface area contributed by atoms with E-state index in [4.69, 9.17) is 0 Å². The molecular weight excluding hydrogens is 350 g/mol. The van der Waals surface area contributed by atoms with Crippen LogP contribution in [0, 0.1) is 6.92 Å². The van der Waals surface area contributed by atoms with Gasteiger partial charge in [0, 0.05) is 12.1 Å². The van der Waals surface area contributed by atoms with Crippen molar-refractivity contribution in [1.82, 2.24) is 10.0 Å². The van der Waals surface area contributed by atoms with E-state index in [2.05, 4.69) is 15.0 Å². The average molecular weight is 371 g/mol. The third kappa shape index (κ3) is 3.77. The summed E-state index contributed by atoms with van der Waals surface area (Å²) in [6.45, 7) is 4.18. The van der Waals surface area contributed by atoms with Crippen molar-refractivity contribution in [2.75, 3.05) is 6.54 Å². The maximum atomic E-state index is 12.3. The SMILES string of the molecule is Cc1ccccc1CCNC(=O)[C@H](C)N=C1NS(=O)(=O)c2ccccc21. The zero-order chi connectivity index (χ0) is 18.7. The molecule has 7 heteroatoms. The molecule has 0 bridgehead atoms. The number of amides is 1. The van der Waals surface area contributed by atoms with Crippen molar-refractivity contribution < 1.29 is 13.2 Å². The van der Waals surface area contributed by atoms with Crippen LogP contribution in [0.2, 0.25) is 0 Å². The molecule has 26 heavy (non-hydrogen) atoms. The van der Waals surface area contributed by atoms with Crippen molar-refractivity contribution in [3.63, 3.8) is 0 Å². The van der Waals surface area contributed by atoms with E-state index in [1.165, 1.54) is 17.2 Å². The minimum atomic E-state index is -3.60. The van der Waals surface area contributed by atoms with Gasteiger partial charge in [0.2, 0.25) is 5.91 Å². The highest BCUT2D eigenvalue weighted by molar-refractivity contribution is 7.90. The molecule has 0 spiro atoms. The second kappa shape index (κ2) is 7.29. The first-order chi connectivity index (χ1) is 12.4. The van der Waals surface area contributed by atoms with Gasteiger partial charge in [-0.1, -0.05) is 36.4 Å². The van der Waals surface area contributed by atoms with E-state index in [0.29, 0.717) is 12.1 Å². The second-order valence-electron chi connectivity index (χ2n) is 6.22. The molecule has 0 saturated heterocycles. The van der Waals surface area contributed by atoms with Crippen LogP contribution in [0.5, 0.6) is 0 Å². The number of carbonyl (C=O) groups excluding carboxylic acids is 1. The van der Waals surface area contributed by atoms with Gasteiger partial charge in [0.25, 0.3) is 10.0 Å². The molecule has 0 radical (unpaired) electrons. The zero-order valence-electron chi connectivity index (χ0n) is 14.7. The summed E-state index contributed by atoms with van der Waals surface area (Å²) in [4.78, 5) is 16.7. The fourth-order valence-electron chi connectivity index (χ4n) is 2.84. The van der Waals surface area contributed by atoms with Crippen molar-refractivity contribution in [1.29, 1.82) is 0 Å². The van der Waals surface area contributed by atoms with E-state index in [1.807, 2.05) is 31.2 Å². The summed E-state index contributed by atoms with van der Waals surface area (Å²) in [6, 6.07) is 13.9. The van der Waals surface area contributed by atoms with E-state index in [1.54, 1.807) is 25.1 Å². The highest BCUT2D eigenvalue weighted by atomic mass is 32.2. The number of hydrogen-bond donors (Lipinski definition) is 2. The number of sulfonamides is 1. The summed E-state index contributed by atoms with van der Waals surface area (Å²) in [5, 5.41) is 2.85. The Hall–Kier alpha value is -2.67. The third-order valence-corrected chi connectivity index (χ3v) is 5.72. The van der Waals surface area contributed by atoms with Gasteiger partial charge in [0.05, 0.1) is 4.90 Å². The summed E-state index contributed by atoms with van der Waals surface area (Å²) in [5.41, 5.74) is 2.86. The molecule has 2 N–H and O–H groups in total. The van der Waals surface area contributed by atoms with Gasteiger partial charge >= 0.3 is 0 Å². The maximum absolute atomic E-state index is 12.3. The highest BCUT2D eigenvalue weighted by Gasteiger charge is 2.31. The number of rotatable bonds is 5. The number of nitrogens with zero attached hydrogens (tertiary/aromatic N) is 1. The Kier molecular flexibility index (Phi) is 5.08. The summed E-state index contributed by atoms with van der Waals surface area (Å²) >= 11 is 0. The molecule has 1 aliphatic rings. The Labute approximate surface area is 153 Å². The van der Waals surface area contributed by atoms with Crippen LogP contribution < -0.4 is 10.0 Å². The predicted octanol–water partition coefficient (Wildman–Crippen LogP) is 1.78. The monoisotopic (exact) mass is 371 g/mol. The number of amidine groups is 1. The van der Waals surface area contributed by atoms with Crippen LogP contribution in [0.4, 0.5) is 0 Å². The lowest BCUT2D eigenvalue weighted by Gasteiger charge is -2.10. The Morgan fingerprint density at radius 3 is 2.62 bits per heavy atom. The Morgan fingerprint density at radius 1 is 1.15 bits per heavy atom. The highest BCUT2D eigenvalue weighted by Crippen LogP contribution is 2.22. The quantitative estimate of drug-likeness (QED) is 0.840. The first-order valence-electron chi connectivity index (χ1n) is 8.41. The number of benzene rings is 2. The number of aryl methyl sites for hydroxylation is 1. The van der Waals surface area contributed by atoms with Gasteiger partial charge in [0.1, 0.15) is 11.9 Å². The van der Waals surface area contributed by atoms with Gasteiger partial charge in [0.15, 0.2) is 0 Å². The molecule has 6 nitrogen and oxygen atoms in total. The lowest BCUT2D eigenvalue weighted by molar-refractivity contribution is -0.121. The average Bonchev–Trinajstić information content (AvgIpc) is 2.87. The number of aliphatic imine (C=N–C) groups is 1. The molecular formula is C19H21N3O3S. The fraction of sp³-hybridized carbons (Fsp3) is 0.263. The van der Waals surface area contributed by atoms with Gasteiger partial charge in [-0.3, -0.25) is 14.5 Å². The minimum Gasteiger partial charge on any atom is -0.354 e. The molecule has 0 saturated carbocycles. The van der Waals surface area contributed by atoms with Crippen molar-refractivity contribution in [3.8, 4) is 0 Å². The van der Waals surface area contributed by atoms with Crippen LogP contribution in [0.25, 0.3) is 0 Å². The topological polar surface area (TPSA) is 87.6 Å². The summed E-state index contributed by atoms with van der Waals surface area (Å²) in [6.07, 6.45) is 0.733. The maximum Gasteiger partial charge on any atom is 0.263 e. The predicted molar refractivity (Wildman–Crippen MR) is 101 cm³/mol. The summed E-state index contributed by atoms with van der Waals surface area (Å²) in [5.74, 6) is -0.0307. The molecule has 3 rings (SSSR count). The van der Waals surface area contributed by atoms with E-state index in [9.17, 15) is 13.2 Å². The Morgan fingerprint density at radius 2 is 1.85 bits per heavy atom. The lowest BCUT2D eigenvalue weighted by atomic mass is 10.1. The Balaban J connectivity index is 1.65. The zero-order valence-corrected chi connectivity index (χ0v) is 15.5. The van der Waals surface area contributed by atoms with Crippen molar-refractivity contribution in [2.24, 2.45) is 4.99 Å². The lowest BCUT2D eigenvalue weighted by Crippen LogP contribution is -2.35. The normalized spacial score (nSPS) is 17.4. The number of carbonyl (C=O) groups is 1. The molecule has 1 aliphatic heterocycles. The Bertz CT molecular complexity index is 967. The van der Waals surface area contributed by atoms with Gasteiger partial charge in [-0.2, -0.15) is 0 Å². The molecule has 1 amide bonds. The summed E-state index contributed by atoms with van der Waals surface area (Å²) in [7, 11) is -3.60. The first-order valence-corrected chi connectivity index (χ1v) is 9.89. The van der Waals surface area contributed by atoms with Crippen LogP contribution >= 0.6 is 0 Å². The number of hydrogen-bond acceptors (Lipinski definition) is 4. The molecule has 0 fully saturated rings. The van der Waals surface area contributed by atoms with Gasteiger partial charge in [-0.05, 0) is 43.5 Å². The summed E-state index contributed by atoms with van der Waals surface area (Å²) < 4.78 is 26.6. The molecule has 0 aliphatic carbocycles. The number of nitrogens with one attached hydrogen (secondary N) is 2. The molecule has 2 aromatic rings. The van der Waals surface area contributed by atoms with E-state index >= 15 is 0 Å². The fourth-order valence-corrected chi connectivity index (χ4v) is 4.08. The van der Waals surface area contributed by atoms with Crippen molar-refractivity contribution in [3.05, 3.63) is 65.2 Å². The van der Waals surface area contributed by atoms with Gasteiger partial charge < -0.3 is 5.32 Å². The van der Waals surface area contributed by atoms with Gasteiger partial charge in [-0.25, -0.2) is 8.42 Å². The van der Waals surface area contributed by atoms with Crippen LogP contribution in [-0.2, 0) is 21.2 Å². The van der Waals surface area contributed by atoms with Crippen LogP contribution in [0.15, 0.2) is 58.4 Å². The van der Waals surface area contributed by atoms with Crippen molar-refractivity contribution in [2.45, 2.75) is 31.2 Å². The van der Waals surface area contributed by atoms with Crippen LogP contribution in [0.3, 0.4) is 0 Å². The molecule has 2 aromatic carbocycles.